The minimum absolute atomic E-state index is 0.0749. The third-order valence-electron chi connectivity index (χ3n) is 2.99. The van der Waals surface area contributed by atoms with Crippen molar-refractivity contribution in [2.45, 2.75) is 26.2 Å². The van der Waals surface area contributed by atoms with Crippen LogP contribution in [-0.2, 0) is 14.8 Å². The van der Waals surface area contributed by atoms with E-state index < -0.39 is 16.0 Å². The maximum atomic E-state index is 11.5. The lowest BCUT2D eigenvalue weighted by Crippen LogP contribution is -2.46. The van der Waals surface area contributed by atoms with Gasteiger partial charge in [-0.05, 0) is 24.8 Å². The lowest BCUT2D eigenvalue weighted by atomic mass is 9.83. The number of hydrogen-bond donors (Lipinski definition) is 3. The highest BCUT2D eigenvalue weighted by Gasteiger charge is 2.28. The Morgan fingerprint density at radius 1 is 1.53 bits per heavy atom. The van der Waals surface area contributed by atoms with E-state index in [0.717, 1.165) is 25.9 Å². The minimum atomic E-state index is -3.47. The minimum Gasteiger partial charge on any atom is -0.481 e. The number of sulfonamides is 1. The molecule has 0 aromatic carbocycles. The molecule has 0 saturated carbocycles. The van der Waals surface area contributed by atoms with E-state index in [1.165, 1.54) is 0 Å². The fourth-order valence-corrected chi connectivity index (χ4v) is 3.00. The molecule has 6 nitrogen and oxygen atoms in total. The molecule has 100 valence electrons. The summed E-state index contributed by atoms with van der Waals surface area (Å²) in [6.45, 7) is 4.15. The summed E-state index contributed by atoms with van der Waals surface area (Å²) in [5.41, 5.74) is -0.0749. The van der Waals surface area contributed by atoms with Crippen molar-refractivity contribution < 1.29 is 18.3 Å². The molecular formula is C10H20N2O4S. The third-order valence-corrected chi connectivity index (χ3v) is 4.31. The van der Waals surface area contributed by atoms with Crippen LogP contribution < -0.4 is 10.0 Å². The Morgan fingerprint density at radius 2 is 2.24 bits per heavy atom. The van der Waals surface area contributed by atoms with Crippen LogP contribution in [0.3, 0.4) is 0 Å². The van der Waals surface area contributed by atoms with Gasteiger partial charge in [-0.1, -0.05) is 6.92 Å². The molecule has 1 saturated heterocycles. The Balaban J connectivity index is 2.40. The van der Waals surface area contributed by atoms with Crippen molar-refractivity contribution in [1.82, 2.24) is 10.0 Å². The maximum absolute atomic E-state index is 11.5. The maximum Gasteiger partial charge on any atom is 0.304 e. The van der Waals surface area contributed by atoms with Crippen LogP contribution in [0.15, 0.2) is 0 Å². The molecule has 3 N–H and O–H groups in total. The van der Waals surface area contributed by atoms with Crippen LogP contribution in [0.25, 0.3) is 0 Å². The second-order valence-electron chi connectivity index (χ2n) is 4.87. The Kier molecular flexibility index (Phi) is 4.91. The quantitative estimate of drug-likeness (QED) is 0.616. The first-order valence-electron chi connectivity index (χ1n) is 5.73. The van der Waals surface area contributed by atoms with Gasteiger partial charge in [0.1, 0.15) is 0 Å². The molecule has 0 bridgehead atoms. The zero-order valence-corrected chi connectivity index (χ0v) is 10.8. The highest BCUT2D eigenvalue weighted by molar-refractivity contribution is 7.89. The fourth-order valence-electron chi connectivity index (χ4n) is 1.85. The summed E-state index contributed by atoms with van der Waals surface area (Å²) in [4.78, 5) is 10.3. The standard InChI is InChI=1S/C10H20N2O4S/c1-10(4-2-5-11-7-10)8-12-17(15,16)6-3-9(13)14/h11-12H,2-8H2,1H3,(H,13,14). The molecule has 0 aliphatic carbocycles. The average Bonchev–Trinajstić information content (AvgIpc) is 2.26. The van der Waals surface area contributed by atoms with Crippen LogP contribution in [-0.4, -0.2) is 44.9 Å². The van der Waals surface area contributed by atoms with Gasteiger partial charge in [-0.25, -0.2) is 13.1 Å². The highest BCUT2D eigenvalue weighted by atomic mass is 32.2. The number of carboxylic acid groups (broad SMARTS) is 1. The monoisotopic (exact) mass is 264 g/mol. The van der Waals surface area contributed by atoms with E-state index in [0.29, 0.717) is 6.54 Å². The van der Waals surface area contributed by atoms with E-state index >= 15 is 0 Å². The number of nitrogens with one attached hydrogen (secondary N) is 2. The summed E-state index contributed by atoms with van der Waals surface area (Å²) in [7, 11) is -3.47. The topological polar surface area (TPSA) is 95.5 Å². The van der Waals surface area contributed by atoms with Crippen LogP contribution >= 0.6 is 0 Å². The molecule has 1 fully saturated rings. The van der Waals surface area contributed by atoms with Gasteiger partial charge in [0, 0.05) is 13.1 Å². The summed E-state index contributed by atoms with van der Waals surface area (Å²) in [6.07, 6.45) is 1.65. The van der Waals surface area contributed by atoms with E-state index in [2.05, 4.69) is 10.0 Å². The van der Waals surface area contributed by atoms with Crippen LogP contribution in [0.2, 0.25) is 0 Å². The largest absolute Gasteiger partial charge is 0.481 e. The van der Waals surface area contributed by atoms with Gasteiger partial charge in [0.2, 0.25) is 10.0 Å². The smallest absolute Gasteiger partial charge is 0.304 e. The Bertz CT molecular complexity index is 361. The van der Waals surface area contributed by atoms with Crippen molar-refractivity contribution >= 4 is 16.0 Å². The summed E-state index contributed by atoms with van der Waals surface area (Å²) in [5, 5.41) is 11.7. The molecule has 0 aromatic rings. The van der Waals surface area contributed by atoms with Gasteiger partial charge in [-0.3, -0.25) is 4.79 Å². The first kappa shape index (κ1) is 14.4. The van der Waals surface area contributed by atoms with Gasteiger partial charge in [0.15, 0.2) is 0 Å². The molecule has 0 radical (unpaired) electrons. The van der Waals surface area contributed by atoms with E-state index in [9.17, 15) is 13.2 Å². The van der Waals surface area contributed by atoms with Crippen LogP contribution in [0.5, 0.6) is 0 Å². The number of hydrogen-bond acceptors (Lipinski definition) is 4. The lowest BCUT2D eigenvalue weighted by molar-refractivity contribution is -0.136. The molecule has 0 amide bonds. The first-order chi connectivity index (χ1) is 7.83. The fraction of sp³-hybridized carbons (Fsp3) is 0.900. The number of aliphatic carboxylic acids is 1. The summed E-state index contributed by atoms with van der Waals surface area (Å²) in [5.74, 6) is -1.45. The van der Waals surface area contributed by atoms with E-state index in [1.54, 1.807) is 0 Å². The molecule has 1 aliphatic rings. The average molecular weight is 264 g/mol. The normalized spacial score (nSPS) is 25.7. The van der Waals surface area contributed by atoms with Gasteiger partial charge in [-0.15, -0.1) is 0 Å². The van der Waals surface area contributed by atoms with Crippen LogP contribution in [0, 0.1) is 5.41 Å². The van der Waals surface area contributed by atoms with E-state index in [1.807, 2.05) is 6.92 Å². The molecule has 0 aromatic heterocycles. The van der Waals surface area contributed by atoms with Gasteiger partial charge >= 0.3 is 5.97 Å². The van der Waals surface area contributed by atoms with Gasteiger partial charge in [0.25, 0.3) is 0 Å². The Hall–Kier alpha value is -0.660. The first-order valence-corrected chi connectivity index (χ1v) is 7.38. The highest BCUT2D eigenvalue weighted by Crippen LogP contribution is 2.24. The predicted octanol–water partition coefficient (Wildman–Crippen LogP) is -0.230. The van der Waals surface area contributed by atoms with Gasteiger partial charge in [-0.2, -0.15) is 0 Å². The Labute approximate surface area is 102 Å². The molecule has 0 spiro atoms. The zero-order chi connectivity index (χ0) is 12.9. The molecule has 1 rings (SSSR count). The molecule has 1 atom stereocenters. The number of carboxylic acids is 1. The Morgan fingerprint density at radius 3 is 2.76 bits per heavy atom. The van der Waals surface area contributed by atoms with Crippen molar-refractivity contribution in [2.75, 3.05) is 25.4 Å². The molecule has 1 unspecified atom stereocenters. The van der Waals surface area contributed by atoms with E-state index in [4.69, 9.17) is 5.11 Å². The third kappa shape index (κ3) is 5.47. The molecule has 1 heterocycles. The van der Waals surface area contributed by atoms with Crippen molar-refractivity contribution in [3.05, 3.63) is 0 Å². The van der Waals surface area contributed by atoms with Crippen LogP contribution in [0.4, 0.5) is 0 Å². The molecule has 7 heteroatoms. The molecule has 1 aliphatic heterocycles. The van der Waals surface area contributed by atoms with Gasteiger partial charge < -0.3 is 10.4 Å². The second kappa shape index (κ2) is 5.79. The number of rotatable bonds is 6. The predicted molar refractivity (Wildman–Crippen MR) is 64.3 cm³/mol. The molecular weight excluding hydrogens is 244 g/mol. The number of piperidine rings is 1. The zero-order valence-electron chi connectivity index (χ0n) is 10.0. The summed E-state index contributed by atoms with van der Waals surface area (Å²) in [6, 6.07) is 0. The SMILES string of the molecule is CC1(CNS(=O)(=O)CCC(=O)O)CCCNC1. The van der Waals surface area contributed by atoms with Crippen molar-refractivity contribution in [3.63, 3.8) is 0 Å². The van der Waals surface area contributed by atoms with Gasteiger partial charge in [0.05, 0.1) is 12.2 Å². The number of carbonyl (C=O) groups is 1. The van der Waals surface area contributed by atoms with Crippen molar-refractivity contribution in [1.29, 1.82) is 0 Å². The molecule has 17 heavy (non-hydrogen) atoms. The van der Waals surface area contributed by atoms with Crippen molar-refractivity contribution in [3.8, 4) is 0 Å². The summed E-state index contributed by atoms with van der Waals surface area (Å²) < 4.78 is 25.5. The van der Waals surface area contributed by atoms with Crippen molar-refractivity contribution in [2.24, 2.45) is 5.41 Å². The lowest BCUT2D eigenvalue weighted by Gasteiger charge is -2.34. The van der Waals surface area contributed by atoms with Crippen LogP contribution in [0.1, 0.15) is 26.2 Å². The van der Waals surface area contributed by atoms with E-state index in [-0.39, 0.29) is 17.6 Å². The second-order valence-corrected chi connectivity index (χ2v) is 6.80. The summed E-state index contributed by atoms with van der Waals surface area (Å²) >= 11 is 0.